The Hall–Kier alpha value is -0.160. The zero-order valence-electron chi connectivity index (χ0n) is 6.28. The van der Waals surface area contributed by atoms with E-state index < -0.39 is 5.79 Å². The van der Waals surface area contributed by atoms with Crippen LogP contribution in [-0.4, -0.2) is 43.4 Å². The number of rotatable bonds is 1. The van der Waals surface area contributed by atoms with Crippen LogP contribution in [0.25, 0.3) is 0 Å². The summed E-state index contributed by atoms with van der Waals surface area (Å²) in [5, 5.41) is 8.76. The predicted molar refractivity (Wildman–Crippen MR) is 36.1 cm³/mol. The predicted octanol–water partition coefficient (Wildman–Crippen LogP) is -0.489. The van der Waals surface area contributed by atoms with Gasteiger partial charge in [-0.25, -0.2) is 0 Å². The summed E-state index contributed by atoms with van der Waals surface area (Å²) in [6, 6.07) is 0. The Bertz CT molecular complexity index is 141. The summed E-state index contributed by atoms with van der Waals surface area (Å²) in [4.78, 5) is 0. The van der Waals surface area contributed by atoms with Gasteiger partial charge in [-0.2, -0.15) is 0 Å². The second kappa shape index (κ2) is 2.71. The monoisotopic (exact) mass is 160 g/mol. The highest BCUT2D eigenvalue weighted by Gasteiger charge is 2.44. The van der Waals surface area contributed by atoms with Crippen molar-refractivity contribution in [2.45, 2.75) is 18.3 Å². The van der Waals surface area contributed by atoms with E-state index in [1.807, 2.05) is 0 Å². The molecule has 2 heterocycles. The van der Waals surface area contributed by atoms with Gasteiger partial charge in [-0.3, -0.25) is 0 Å². The molecule has 2 fully saturated rings. The largest absolute Gasteiger partial charge is 0.394 e. The first kappa shape index (κ1) is 7.49. The molecular weight excluding hydrogens is 148 g/mol. The SMILES string of the molecule is OCC1COC2(CCOC2)O1. The molecule has 1 N–H and O–H groups in total. The smallest absolute Gasteiger partial charge is 0.194 e. The van der Waals surface area contributed by atoms with Crippen molar-refractivity contribution in [1.29, 1.82) is 0 Å². The summed E-state index contributed by atoms with van der Waals surface area (Å²) in [5.41, 5.74) is 0. The summed E-state index contributed by atoms with van der Waals surface area (Å²) in [5.74, 6) is -0.520. The van der Waals surface area contributed by atoms with Gasteiger partial charge in [-0.1, -0.05) is 0 Å². The highest BCUT2D eigenvalue weighted by molar-refractivity contribution is 4.82. The lowest BCUT2D eigenvalue weighted by molar-refractivity contribution is -0.168. The normalized spacial score (nSPS) is 43.9. The van der Waals surface area contributed by atoms with Crippen LogP contribution in [0.15, 0.2) is 0 Å². The van der Waals surface area contributed by atoms with E-state index in [2.05, 4.69) is 0 Å². The third-order valence-electron chi connectivity index (χ3n) is 2.07. The molecule has 0 aromatic carbocycles. The van der Waals surface area contributed by atoms with E-state index in [1.54, 1.807) is 0 Å². The van der Waals surface area contributed by atoms with Crippen molar-refractivity contribution in [3.05, 3.63) is 0 Å². The molecule has 0 aromatic heterocycles. The van der Waals surface area contributed by atoms with Gasteiger partial charge in [0.1, 0.15) is 12.7 Å². The second-order valence-electron chi connectivity index (χ2n) is 2.95. The van der Waals surface area contributed by atoms with Crippen LogP contribution in [0.1, 0.15) is 6.42 Å². The van der Waals surface area contributed by atoms with Crippen LogP contribution < -0.4 is 0 Å². The van der Waals surface area contributed by atoms with Gasteiger partial charge in [0.15, 0.2) is 5.79 Å². The number of hydrogen-bond acceptors (Lipinski definition) is 4. The van der Waals surface area contributed by atoms with Crippen LogP contribution >= 0.6 is 0 Å². The van der Waals surface area contributed by atoms with Gasteiger partial charge in [0.2, 0.25) is 0 Å². The summed E-state index contributed by atoms with van der Waals surface area (Å²) in [7, 11) is 0. The van der Waals surface area contributed by atoms with Crippen LogP contribution in [0, 0.1) is 0 Å². The van der Waals surface area contributed by atoms with Crippen molar-refractivity contribution >= 4 is 0 Å². The second-order valence-corrected chi connectivity index (χ2v) is 2.95. The molecule has 0 bridgehead atoms. The fourth-order valence-electron chi connectivity index (χ4n) is 1.44. The maximum absolute atomic E-state index is 8.76. The molecule has 64 valence electrons. The number of hydrogen-bond donors (Lipinski definition) is 1. The van der Waals surface area contributed by atoms with Gasteiger partial charge >= 0.3 is 0 Å². The molecular formula is C7H12O4. The Morgan fingerprint density at radius 2 is 2.45 bits per heavy atom. The minimum absolute atomic E-state index is 0.0295. The van der Waals surface area contributed by atoms with Crippen molar-refractivity contribution in [1.82, 2.24) is 0 Å². The number of aliphatic hydroxyl groups is 1. The summed E-state index contributed by atoms with van der Waals surface area (Å²) in [6.45, 7) is 1.71. The van der Waals surface area contributed by atoms with E-state index >= 15 is 0 Å². The van der Waals surface area contributed by atoms with Gasteiger partial charge in [-0.15, -0.1) is 0 Å². The summed E-state index contributed by atoms with van der Waals surface area (Å²) in [6.07, 6.45) is 0.625. The van der Waals surface area contributed by atoms with Crippen LogP contribution in [0.3, 0.4) is 0 Å². The molecule has 1 spiro atoms. The third kappa shape index (κ3) is 1.27. The fraction of sp³-hybridized carbons (Fsp3) is 1.00. The summed E-state index contributed by atoms with van der Waals surface area (Å²) < 4.78 is 16.0. The molecule has 2 unspecified atom stereocenters. The van der Waals surface area contributed by atoms with Gasteiger partial charge in [0.25, 0.3) is 0 Å². The molecule has 2 rings (SSSR count). The average molecular weight is 160 g/mol. The molecule has 0 aliphatic carbocycles. The van der Waals surface area contributed by atoms with E-state index in [9.17, 15) is 0 Å². The van der Waals surface area contributed by atoms with Crippen LogP contribution in [0.4, 0.5) is 0 Å². The van der Waals surface area contributed by atoms with Crippen LogP contribution in [0.2, 0.25) is 0 Å². The van der Waals surface area contributed by atoms with E-state index in [-0.39, 0.29) is 12.7 Å². The molecule has 2 aliphatic heterocycles. The van der Waals surface area contributed by atoms with E-state index in [0.717, 1.165) is 6.42 Å². The molecule has 0 radical (unpaired) electrons. The number of aliphatic hydroxyl groups excluding tert-OH is 1. The Balaban J connectivity index is 1.96. The minimum atomic E-state index is -0.520. The first-order chi connectivity index (χ1) is 5.35. The Labute approximate surface area is 65.1 Å². The third-order valence-corrected chi connectivity index (χ3v) is 2.07. The molecule has 0 saturated carbocycles. The van der Waals surface area contributed by atoms with Gasteiger partial charge < -0.3 is 19.3 Å². The van der Waals surface area contributed by atoms with Crippen molar-refractivity contribution < 1.29 is 19.3 Å². The van der Waals surface area contributed by atoms with Gasteiger partial charge in [0, 0.05) is 6.42 Å². The maximum atomic E-state index is 8.76. The minimum Gasteiger partial charge on any atom is -0.394 e. The first-order valence-electron chi connectivity index (χ1n) is 3.85. The van der Waals surface area contributed by atoms with Gasteiger partial charge in [-0.05, 0) is 0 Å². The number of ether oxygens (including phenoxy) is 3. The average Bonchev–Trinajstić information content (AvgIpc) is 2.62. The molecule has 0 aromatic rings. The Morgan fingerprint density at radius 1 is 1.55 bits per heavy atom. The molecule has 4 heteroatoms. The molecule has 2 aliphatic rings. The highest BCUT2D eigenvalue weighted by atomic mass is 16.8. The lowest BCUT2D eigenvalue weighted by atomic mass is 10.2. The van der Waals surface area contributed by atoms with Crippen molar-refractivity contribution in [2.24, 2.45) is 0 Å². The lowest BCUT2D eigenvalue weighted by Crippen LogP contribution is -2.31. The molecule has 0 amide bonds. The summed E-state index contributed by atoms with van der Waals surface area (Å²) >= 11 is 0. The van der Waals surface area contributed by atoms with Crippen molar-refractivity contribution in [2.75, 3.05) is 26.4 Å². The van der Waals surface area contributed by atoms with Crippen LogP contribution in [0.5, 0.6) is 0 Å². The zero-order chi connectivity index (χ0) is 7.73. The van der Waals surface area contributed by atoms with Gasteiger partial charge in [0.05, 0.1) is 19.8 Å². The van der Waals surface area contributed by atoms with E-state index in [0.29, 0.717) is 19.8 Å². The first-order valence-corrected chi connectivity index (χ1v) is 3.85. The quantitative estimate of drug-likeness (QED) is 0.562. The molecule has 11 heavy (non-hydrogen) atoms. The standard InChI is InChI=1S/C7H12O4/c8-3-6-4-10-7(11-6)1-2-9-5-7/h6,8H,1-5H2. The zero-order valence-corrected chi connectivity index (χ0v) is 6.28. The van der Waals surface area contributed by atoms with E-state index in [1.165, 1.54) is 0 Å². The van der Waals surface area contributed by atoms with E-state index in [4.69, 9.17) is 19.3 Å². The fourth-order valence-corrected chi connectivity index (χ4v) is 1.44. The van der Waals surface area contributed by atoms with Crippen molar-refractivity contribution in [3.8, 4) is 0 Å². The maximum Gasteiger partial charge on any atom is 0.194 e. The lowest BCUT2D eigenvalue weighted by Gasteiger charge is -2.19. The molecule has 2 saturated heterocycles. The molecule has 2 atom stereocenters. The Kier molecular flexibility index (Phi) is 1.85. The highest BCUT2D eigenvalue weighted by Crippen LogP contribution is 2.31. The van der Waals surface area contributed by atoms with Crippen molar-refractivity contribution in [3.63, 3.8) is 0 Å². The molecule has 4 nitrogen and oxygen atoms in total. The van der Waals surface area contributed by atoms with Crippen LogP contribution in [-0.2, 0) is 14.2 Å². The topological polar surface area (TPSA) is 47.9 Å². The Morgan fingerprint density at radius 3 is 3.00 bits per heavy atom.